The number of thioether (sulfide) groups is 1. The minimum Gasteiger partial charge on any atom is -0.497 e. The maximum Gasteiger partial charge on any atom is 0.243 e. The predicted molar refractivity (Wildman–Crippen MR) is 108 cm³/mol. The topological polar surface area (TPSA) is 75.7 Å². The summed E-state index contributed by atoms with van der Waals surface area (Å²) < 4.78 is 44.5. The second kappa shape index (κ2) is 10.4. The zero-order valence-electron chi connectivity index (χ0n) is 15.7. The first-order valence-corrected chi connectivity index (χ1v) is 11.1. The summed E-state index contributed by atoms with van der Waals surface area (Å²) in [4.78, 5) is 12.1. The molecule has 0 spiro atoms. The second-order valence-electron chi connectivity index (χ2n) is 5.93. The van der Waals surface area contributed by atoms with Gasteiger partial charge in [-0.2, -0.15) is 16.1 Å². The Morgan fingerprint density at radius 1 is 1.18 bits per heavy atom. The molecule has 0 radical (unpaired) electrons. The molecule has 6 nitrogen and oxygen atoms in total. The SMILES string of the molecule is COc1ccc(S(=O)(=O)N(C)CC(=O)NCCSCc2ccccc2F)cc1. The second-order valence-corrected chi connectivity index (χ2v) is 9.08. The monoisotopic (exact) mass is 426 g/mol. The molecule has 1 amide bonds. The fourth-order valence-electron chi connectivity index (χ4n) is 2.33. The fourth-order valence-corrected chi connectivity index (χ4v) is 4.30. The lowest BCUT2D eigenvalue weighted by Gasteiger charge is -2.17. The van der Waals surface area contributed by atoms with E-state index >= 15 is 0 Å². The maximum absolute atomic E-state index is 13.5. The van der Waals surface area contributed by atoms with Gasteiger partial charge in [-0.3, -0.25) is 4.79 Å². The molecule has 0 heterocycles. The van der Waals surface area contributed by atoms with Crippen molar-refractivity contribution in [2.24, 2.45) is 0 Å². The van der Waals surface area contributed by atoms with Gasteiger partial charge < -0.3 is 10.1 Å². The van der Waals surface area contributed by atoms with Crippen molar-refractivity contribution in [3.05, 3.63) is 59.9 Å². The van der Waals surface area contributed by atoms with Crippen LogP contribution in [0.25, 0.3) is 0 Å². The van der Waals surface area contributed by atoms with Gasteiger partial charge in [0.25, 0.3) is 0 Å². The van der Waals surface area contributed by atoms with Gasteiger partial charge in [-0.25, -0.2) is 12.8 Å². The summed E-state index contributed by atoms with van der Waals surface area (Å²) >= 11 is 1.49. The highest BCUT2D eigenvalue weighted by Crippen LogP contribution is 2.18. The summed E-state index contributed by atoms with van der Waals surface area (Å²) in [6.07, 6.45) is 0. The van der Waals surface area contributed by atoms with Crippen LogP contribution in [-0.4, -0.2) is 51.6 Å². The number of carbonyl (C=O) groups excluding carboxylic acids is 1. The lowest BCUT2D eigenvalue weighted by atomic mass is 10.2. The van der Waals surface area contributed by atoms with Crippen molar-refractivity contribution >= 4 is 27.7 Å². The summed E-state index contributed by atoms with van der Waals surface area (Å²) in [6, 6.07) is 12.5. The predicted octanol–water partition coefficient (Wildman–Crippen LogP) is 2.50. The van der Waals surface area contributed by atoms with E-state index in [0.29, 0.717) is 29.4 Å². The van der Waals surface area contributed by atoms with Gasteiger partial charge in [0, 0.05) is 25.1 Å². The minimum absolute atomic E-state index is 0.0871. The Labute approximate surface area is 169 Å². The van der Waals surface area contributed by atoms with E-state index in [9.17, 15) is 17.6 Å². The van der Waals surface area contributed by atoms with Crippen molar-refractivity contribution < 1.29 is 22.3 Å². The Hall–Kier alpha value is -2.10. The van der Waals surface area contributed by atoms with Crippen LogP contribution in [0.1, 0.15) is 5.56 Å². The Morgan fingerprint density at radius 2 is 1.86 bits per heavy atom. The van der Waals surface area contributed by atoms with Gasteiger partial charge >= 0.3 is 0 Å². The standard InChI is InChI=1S/C19H23FN2O4S2/c1-22(28(24,25)17-9-7-16(26-2)8-10-17)13-19(23)21-11-12-27-14-15-5-3-4-6-18(15)20/h3-10H,11-14H2,1-2H3,(H,21,23). The average molecular weight is 427 g/mol. The summed E-state index contributed by atoms with van der Waals surface area (Å²) in [6.45, 7) is 0.0840. The Bertz CT molecular complexity index is 889. The minimum atomic E-state index is -3.77. The molecule has 28 heavy (non-hydrogen) atoms. The molecule has 9 heteroatoms. The number of halogens is 1. The van der Waals surface area contributed by atoms with Crippen LogP contribution in [0.3, 0.4) is 0 Å². The number of sulfonamides is 1. The van der Waals surface area contributed by atoms with Crippen molar-refractivity contribution in [2.75, 3.05) is 33.0 Å². The van der Waals surface area contributed by atoms with Crippen molar-refractivity contribution in [3.8, 4) is 5.75 Å². The number of hydrogen-bond donors (Lipinski definition) is 1. The van der Waals surface area contributed by atoms with E-state index in [1.807, 2.05) is 0 Å². The first-order valence-electron chi connectivity index (χ1n) is 8.53. The number of likely N-dealkylation sites (N-methyl/N-ethyl adjacent to an activating group) is 1. The number of nitrogens with one attached hydrogen (secondary N) is 1. The Morgan fingerprint density at radius 3 is 2.50 bits per heavy atom. The number of ether oxygens (including phenoxy) is 1. The highest BCUT2D eigenvalue weighted by atomic mass is 32.2. The quantitative estimate of drug-likeness (QED) is 0.591. The lowest BCUT2D eigenvalue weighted by Crippen LogP contribution is -2.39. The molecule has 0 saturated heterocycles. The molecule has 0 aromatic heterocycles. The molecule has 0 aliphatic heterocycles. The third kappa shape index (κ3) is 6.22. The van der Waals surface area contributed by atoms with Crippen LogP contribution in [0, 0.1) is 5.82 Å². The van der Waals surface area contributed by atoms with Gasteiger partial charge in [0.2, 0.25) is 15.9 Å². The number of nitrogens with zero attached hydrogens (tertiary/aromatic N) is 1. The largest absolute Gasteiger partial charge is 0.497 e. The molecule has 0 saturated carbocycles. The Balaban J connectivity index is 1.76. The zero-order chi connectivity index (χ0) is 20.6. The molecule has 0 aliphatic carbocycles. The summed E-state index contributed by atoms with van der Waals surface area (Å²) in [5.41, 5.74) is 0.615. The van der Waals surface area contributed by atoms with Gasteiger partial charge in [-0.05, 0) is 35.9 Å². The van der Waals surface area contributed by atoms with E-state index < -0.39 is 15.9 Å². The highest BCUT2D eigenvalue weighted by Gasteiger charge is 2.22. The molecule has 2 aromatic carbocycles. The van der Waals surface area contributed by atoms with Gasteiger partial charge in [-0.15, -0.1) is 0 Å². The number of amides is 1. The van der Waals surface area contributed by atoms with Crippen LogP contribution in [0.4, 0.5) is 4.39 Å². The van der Waals surface area contributed by atoms with Crippen LogP contribution in [0.5, 0.6) is 5.75 Å². The maximum atomic E-state index is 13.5. The molecule has 0 aliphatic rings. The van der Waals surface area contributed by atoms with E-state index in [4.69, 9.17) is 4.74 Å². The van der Waals surface area contributed by atoms with Crippen LogP contribution in [0.15, 0.2) is 53.4 Å². The van der Waals surface area contributed by atoms with Crippen LogP contribution < -0.4 is 10.1 Å². The first kappa shape index (κ1) is 22.2. The molecule has 0 fully saturated rings. The van der Waals surface area contributed by atoms with Crippen molar-refractivity contribution in [3.63, 3.8) is 0 Å². The molecular weight excluding hydrogens is 403 g/mol. The summed E-state index contributed by atoms with van der Waals surface area (Å²) in [5, 5.41) is 2.68. The summed E-state index contributed by atoms with van der Waals surface area (Å²) in [5.74, 6) is 1.01. The van der Waals surface area contributed by atoms with E-state index in [0.717, 1.165) is 4.31 Å². The van der Waals surface area contributed by atoms with Crippen LogP contribution in [0.2, 0.25) is 0 Å². The smallest absolute Gasteiger partial charge is 0.243 e. The summed E-state index contributed by atoms with van der Waals surface area (Å²) in [7, 11) is -0.917. The number of rotatable bonds is 10. The number of methoxy groups -OCH3 is 1. The van der Waals surface area contributed by atoms with Gasteiger partial charge in [0.05, 0.1) is 18.6 Å². The zero-order valence-corrected chi connectivity index (χ0v) is 17.4. The normalized spacial score (nSPS) is 11.4. The molecule has 0 atom stereocenters. The molecule has 2 rings (SSSR count). The number of carbonyl (C=O) groups is 1. The Kier molecular flexibility index (Phi) is 8.28. The van der Waals surface area contributed by atoms with Crippen molar-refractivity contribution in [1.82, 2.24) is 9.62 Å². The third-order valence-electron chi connectivity index (χ3n) is 3.92. The molecular formula is C19H23FN2O4S2. The van der Waals surface area contributed by atoms with E-state index in [-0.39, 0.29) is 17.3 Å². The average Bonchev–Trinajstić information content (AvgIpc) is 2.69. The molecule has 152 valence electrons. The molecule has 1 N–H and O–H groups in total. The van der Waals surface area contributed by atoms with Crippen LogP contribution in [-0.2, 0) is 20.6 Å². The molecule has 0 unspecified atom stereocenters. The lowest BCUT2D eigenvalue weighted by molar-refractivity contribution is -0.121. The van der Waals surface area contributed by atoms with Crippen molar-refractivity contribution in [2.45, 2.75) is 10.6 Å². The molecule has 2 aromatic rings. The number of hydrogen-bond acceptors (Lipinski definition) is 5. The van der Waals surface area contributed by atoms with E-state index in [1.165, 1.54) is 44.1 Å². The van der Waals surface area contributed by atoms with Crippen molar-refractivity contribution in [1.29, 1.82) is 0 Å². The van der Waals surface area contributed by atoms with Crippen LogP contribution >= 0.6 is 11.8 Å². The van der Waals surface area contributed by atoms with Gasteiger partial charge in [-0.1, -0.05) is 18.2 Å². The fraction of sp³-hybridized carbons (Fsp3) is 0.316. The third-order valence-corrected chi connectivity index (χ3v) is 6.74. The van der Waals surface area contributed by atoms with Gasteiger partial charge in [0.1, 0.15) is 11.6 Å². The van der Waals surface area contributed by atoms with E-state index in [1.54, 1.807) is 30.3 Å². The number of benzene rings is 2. The highest BCUT2D eigenvalue weighted by molar-refractivity contribution is 7.98. The van der Waals surface area contributed by atoms with Gasteiger partial charge in [0.15, 0.2) is 0 Å². The molecule has 0 bridgehead atoms. The van der Waals surface area contributed by atoms with E-state index in [2.05, 4.69) is 5.32 Å². The first-order chi connectivity index (χ1) is 13.3.